The largest absolute Gasteiger partial charge is 0.444 e. The number of ether oxygens (including phenoxy) is 1. The summed E-state index contributed by atoms with van der Waals surface area (Å²) in [6, 6.07) is 0. The molecular weight excluding hydrogens is 258 g/mol. The SMILES string of the molecule is CC(=O)NCCN1CCC(CNC(=O)OC(C)(C)C)C1. The molecular formula is C14H27N3O3. The Bertz CT molecular complexity index is 339. The fourth-order valence-corrected chi connectivity index (χ4v) is 2.21. The molecule has 0 aromatic carbocycles. The fourth-order valence-electron chi connectivity index (χ4n) is 2.21. The third-order valence-corrected chi connectivity index (χ3v) is 3.11. The number of hydrogen-bond acceptors (Lipinski definition) is 4. The van der Waals surface area contributed by atoms with E-state index in [-0.39, 0.29) is 12.0 Å². The lowest BCUT2D eigenvalue weighted by Crippen LogP contribution is -2.36. The molecule has 1 atom stereocenters. The zero-order valence-corrected chi connectivity index (χ0v) is 13.0. The quantitative estimate of drug-likeness (QED) is 0.789. The molecule has 2 amide bonds. The van der Waals surface area contributed by atoms with Crippen LogP contribution in [0.3, 0.4) is 0 Å². The zero-order valence-electron chi connectivity index (χ0n) is 13.0. The van der Waals surface area contributed by atoms with Gasteiger partial charge in [-0.2, -0.15) is 0 Å². The number of carbonyl (C=O) groups excluding carboxylic acids is 2. The molecule has 1 fully saturated rings. The van der Waals surface area contributed by atoms with Crippen LogP contribution in [0.15, 0.2) is 0 Å². The molecule has 2 N–H and O–H groups in total. The van der Waals surface area contributed by atoms with Gasteiger partial charge in [0.05, 0.1) is 0 Å². The maximum absolute atomic E-state index is 11.5. The van der Waals surface area contributed by atoms with E-state index in [2.05, 4.69) is 15.5 Å². The molecule has 1 saturated heterocycles. The van der Waals surface area contributed by atoms with Crippen molar-refractivity contribution in [1.29, 1.82) is 0 Å². The second kappa shape index (κ2) is 7.47. The summed E-state index contributed by atoms with van der Waals surface area (Å²) in [4.78, 5) is 24.6. The van der Waals surface area contributed by atoms with Gasteiger partial charge in [-0.15, -0.1) is 0 Å². The summed E-state index contributed by atoms with van der Waals surface area (Å²) in [5.74, 6) is 0.465. The standard InChI is InChI=1S/C14H27N3O3/c1-11(18)15-6-8-17-7-5-12(10-17)9-16-13(19)20-14(2,3)4/h12H,5-10H2,1-4H3,(H,15,18)(H,16,19). The lowest BCUT2D eigenvalue weighted by Gasteiger charge is -2.21. The molecule has 0 saturated carbocycles. The van der Waals surface area contributed by atoms with Crippen LogP contribution in [0.4, 0.5) is 4.79 Å². The van der Waals surface area contributed by atoms with Gasteiger partial charge in [-0.25, -0.2) is 4.79 Å². The predicted molar refractivity (Wildman–Crippen MR) is 77.5 cm³/mol. The van der Waals surface area contributed by atoms with Gasteiger partial charge in [0.2, 0.25) is 5.91 Å². The minimum absolute atomic E-state index is 0.00680. The summed E-state index contributed by atoms with van der Waals surface area (Å²) in [6.07, 6.45) is 0.713. The minimum atomic E-state index is -0.454. The number of alkyl carbamates (subject to hydrolysis) is 1. The van der Waals surface area contributed by atoms with Gasteiger partial charge in [0.15, 0.2) is 0 Å². The average molecular weight is 285 g/mol. The van der Waals surface area contributed by atoms with Crippen molar-refractivity contribution in [3.63, 3.8) is 0 Å². The molecule has 0 aromatic heterocycles. The van der Waals surface area contributed by atoms with E-state index < -0.39 is 5.60 Å². The van der Waals surface area contributed by atoms with Crippen molar-refractivity contribution < 1.29 is 14.3 Å². The van der Waals surface area contributed by atoms with E-state index in [1.54, 1.807) is 0 Å². The van der Waals surface area contributed by atoms with Crippen molar-refractivity contribution >= 4 is 12.0 Å². The van der Waals surface area contributed by atoms with Gasteiger partial charge in [0.1, 0.15) is 5.60 Å². The molecule has 0 radical (unpaired) electrons. The number of hydrogen-bond donors (Lipinski definition) is 2. The Kier molecular flexibility index (Phi) is 6.26. The van der Waals surface area contributed by atoms with E-state index in [9.17, 15) is 9.59 Å². The maximum atomic E-state index is 11.5. The minimum Gasteiger partial charge on any atom is -0.444 e. The van der Waals surface area contributed by atoms with Crippen LogP contribution in [-0.4, -0.2) is 55.2 Å². The van der Waals surface area contributed by atoms with Crippen LogP contribution in [0, 0.1) is 5.92 Å². The first-order valence-corrected chi connectivity index (χ1v) is 7.20. The number of rotatable bonds is 5. The second-order valence-corrected chi connectivity index (χ2v) is 6.32. The number of nitrogens with one attached hydrogen (secondary N) is 2. The summed E-state index contributed by atoms with van der Waals surface area (Å²) in [6.45, 7) is 11.2. The molecule has 0 spiro atoms. The molecule has 1 rings (SSSR count). The smallest absolute Gasteiger partial charge is 0.407 e. The summed E-state index contributed by atoms with van der Waals surface area (Å²) < 4.78 is 5.20. The second-order valence-electron chi connectivity index (χ2n) is 6.32. The fraction of sp³-hybridized carbons (Fsp3) is 0.857. The van der Waals surface area contributed by atoms with Gasteiger partial charge in [0, 0.05) is 33.1 Å². The molecule has 1 aliphatic rings. The maximum Gasteiger partial charge on any atom is 0.407 e. The highest BCUT2D eigenvalue weighted by Crippen LogP contribution is 2.15. The van der Waals surface area contributed by atoms with Crippen molar-refractivity contribution in [3.05, 3.63) is 0 Å². The number of nitrogens with zero attached hydrogens (tertiary/aromatic N) is 1. The number of likely N-dealkylation sites (tertiary alicyclic amines) is 1. The highest BCUT2D eigenvalue weighted by molar-refractivity contribution is 5.72. The molecule has 6 nitrogen and oxygen atoms in total. The molecule has 1 aliphatic heterocycles. The van der Waals surface area contributed by atoms with Crippen LogP contribution in [0.1, 0.15) is 34.1 Å². The van der Waals surface area contributed by atoms with E-state index in [4.69, 9.17) is 4.74 Å². The third kappa shape index (κ3) is 7.33. The van der Waals surface area contributed by atoms with Gasteiger partial charge in [-0.05, 0) is 39.7 Å². The van der Waals surface area contributed by atoms with Gasteiger partial charge >= 0.3 is 6.09 Å². The van der Waals surface area contributed by atoms with Gasteiger partial charge < -0.3 is 20.3 Å². The lowest BCUT2D eigenvalue weighted by molar-refractivity contribution is -0.119. The highest BCUT2D eigenvalue weighted by atomic mass is 16.6. The first-order chi connectivity index (χ1) is 9.26. The molecule has 1 unspecified atom stereocenters. The van der Waals surface area contributed by atoms with E-state index in [1.165, 1.54) is 6.92 Å². The molecule has 20 heavy (non-hydrogen) atoms. The van der Waals surface area contributed by atoms with E-state index in [0.717, 1.165) is 26.1 Å². The molecule has 1 heterocycles. The number of amides is 2. The van der Waals surface area contributed by atoms with Gasteiger partial charge in [0.25, 0.3) is 0 Å². The molecule has 116 valence electrons. The van der Waals surface area contributed by atoms with E-state index in [1.807, 2.05) is 20.8 Å². The van der Waals surface area contributed by atoms with Crippen LogP contribution in [0.25, 0.3) is 0 Å². The normalized spacial score (nSPS) is 19.7. The Hall–Kier alpha value is -1.30. The Balaban J connectivity index is 2.15. The molecule has 0 bridgehead atoms. The van der Waals surface area contributed by atoms with Crippen molar-refractivity contribution in [2.75, 3.05) is 32.7 Å². The Morgan fingerprint density at radius 3 is 2.60 bits per heavy atom. The summed E-state index contributed by atoms with van der Waals surface area (Å²) in [5, 5.41) is 5.61. The molecule has 0 aliphatic carbocycles. The topological polar surface area (TPSA) is 70.7 Å². The van der Waals surface area contributed by atoms with Crippen molar-refractivity contribution in [2.24, 2.45) is 5.92 Å². The average Bonchev–Trinajstić information content (AvgIpc) is 2.71. The van der Waals surface area contributed by atoms with Crippen molar-refractivity contribution in [3.8, 4) is 0 Å². The van der Waals surface area contributed by atoms with Crippen LogP contribution in [0.2, 0.25) is 0 Å². The highest BCUT2D eigenvalue weighted by Gasteiger charge is 2.23. The lowest BCUT2D eigenvalue weighted by atomic mass is 10.1. The van der Waals surface area contributed by atoms with Crippen molar-refractivity contribution in [1.82, 2.24) is 15.5 Å². The Labute approximate surface area is 121 Å². The monoisotopic (exact) mass is 285 g/mol. The summed E-state index contributed by atoms with van der Waals surface area (Å²) in [7, 11) is 0. The molecule has 6 heteroatoms. The molecule has 0 aromatic rings. The summed E-state index contributed by atoms with van der Waals surface area (Å²) >= 11 is 0. The zero-order chi connectivity index (χ0) is 15.2. The first-order valence-electron chi connectivity index (χ1n) is 7.20. The summed E-state index contributed by atoms with van der Waals surface area (Å²) in [5.41, 5.74) is -0.454. The van der Waals surface area contributed by atoms with Crippen LogP contribution < -0.4 is 10.6 Å². The Morgan fingerprint density at radius 1 is 1.30 bits per heavy atom. The van der Waals surface area contributed by atoms with Crippen LogP contribution >= 0.6 is 0 Å². The number of carbonyl (C=O) groups is 2. The predicted octanol–water partition coefficient (Wildman–Crippen LogP) is 0.969. The van der Waals surface area contributed by atoms with Crippen molar-refractivity contribution in [2.45, 2.75) is 39.7 Å². The van der Waals surface area contributed by atoms with E-state index in [0.29, 0.717) is 19.0 Å². The van der Waals surface area contributed by atoms with Crippen LogP contribution in [-0.2, 0) is 9.53 Å². The van der Waals surface area contributed by atoms with E-state index >= 15 is 0 Å². The van der Waals surface area contributed by atoms with Crippen LogP contribution in [0.5, 0.6) is 0 Å². The van der Waals surface area contributed by atoms with Gasteiger partial charge in [-0.3, -0.25) is 4.79 Å². The van der Waals surface area contributed by atoms with Gasteiger partial charge in [-0.1, -0.05) is 0 Å². The first kappa shape index (κ1) is 16.8. The third-order valence-electron chi connectivity index (χ3n) is 3.11. The Morgan fingerprint density at radius 2 is 2.00 bits per heavy atom.